The molecular weight excluding hydrogens is 549 g/mol. The predicted octanol–water partition coefficient (Wildman–Crippen LogP) is 5.85. The number of nitrogens with one attached hydrogen (secondary N) is 1. The molecule has 2 aromatic rings. The fourth-order valence-electron chi connectivity index (χ4n) is 8.07. The fraction of sp³-hybridized carbons (Fsp3) is 0.438. The summed E-state index contributed by atoms with van der Waals surface area (Å²) in [4.78, 5) is 25.5. The molecule has 0 radical (unpaired) electrons. The quantitative estimate of drug-likeness (QED) is 0.146. The maximum atomic E-state index is 13.6. The van der Waals surface area contributed by atoms with Crippen LogP contribution < -0.4 is 10.1 Å². The van der Waals surface area contributed by atoms with Gasteiger partial charge in [-0.25, -0.2) is 0 Å². The monoisotopic (exact) mass is 583 g/mol. The van der Waals surface area contributed by atoms with Crippen molar-refractivity contribution in [3.05, 3.63) is 77.6 Å². The predicted molar refractivity (Wildman–Crippen MR) is 149 cm³/mol. The summed E-state index contributed by atoms with van der Waals surface area (Å²) in [5.41, 5.74) is 2.40. The third-order valence-corrected chi connectivity index (χ3v) is 9.62. The molecule has 0 aromatic heterocycles. The molecule has 2 bridgehead atoms. The number of rotatable bonds is 7. The Morgan fingerprint density at radius 3 is 2.64 bits per heavy atom. The Morgan fingerprint density at radius 2 is 1.95 bits per heavy atom. The number of likely N-dealkylation sites (N-methyl/N-ethyl adjacent to an activating group) is 1. The summed E-state index contributed by atoms with van der Waals surface area (Å²) in [6.07, 6.45) is 1.49. The van der Waals surface area contributed by atoms with Crippen LogP contribution in [0.15, 0.2) is 60.9 Å². The molecule has 4 aliphatic rings. The van der Waals surface area contributed by atoms with E-state index in [0.29, 0.717) is 17.7 Å². The molecule has 222 valence electrons. The minimum absolute atomic E-state index is 0.0642. The largest absolute Gasteiger partial charge is 0.573 e. The molecule has 42 heavy (non-hydrogen) atoms. The van der Waals surface area contributed by atoms with Crippen molar-refractivity contribution in [2.24, 2.45) is 5.92 Å². The number of halogens is 3. The highest BCUT2D eigenvalue weighted by Gasteiger charge is 2.66. The third kappa shape index (κ3) is 4.56. The molecule has 1 saturated heterocycles. The van der Waals surface area contributed by atoms with E-state index in [1.807, 2.05) is 12.1 Å². The lowest BCUT2D eigenvalue weighted by Crippen LogP contribution is -2.70. The van der Waals surface area contributed by atoms with Crippen LogP contribution >= 0.6 is 0 Å². The number of piperidine rings is 1. The van der Waals surface area contributed by atoms with E-state index in [9.17, 15) is 22.8 Å². The summed E-state index contributed by atoms with van der Waals surface area (Å²) in [6.45, 7) is 6.91. The van der Waals surface area contributed by atoms with Crippen molar-refractivity contribution >= 4 is 23.3 Å². The van der Waals surface area contributed by atoms with Gasteiger partial charge in [0.1, 0.15) is 11.9 Å². The van der Waals surface area contributed by atoms with E-state index in [-0.39, 0.29) is 22.8 Å². The Kier molecular flexibility index (Phi) is 6.87. The van der Waals surface area contributed by atoms with Crippen LogP contribution in [0, 0.1) is 5.92 Å². The first-order valence-electron chi connectivity index (χ1n) is 14.3. The second-order valence-corrected chi connectivity index (χ2v) is 12.0. The van der Waals surface area contributed by atoms with Gasteiger partial charge in [-0.15, -0.1) is 13.2 Å². The summed E-state index contributed by atoms with van der Waals surface area (Å²) >= 11 is 0. The molecule has 6 rings (SSSR count). The summed E-state index contributed by atoms with van der Waals surface area (Å²) < 4.78 is 57.6. The molecule has 1 amide bonds. The average molecular weight is 584 g/mol. The van der Waals surface area contributed by atoms with Crippen LogP contribution in [0.3, 0.4) is 0 Å². The van der Waals surface area contributed by atoms with E-state index in [0.717, 1.165) is 67.7 Å². The first-order valence-corrected chi connectivity index (χ1v) is 14.3. The zero-order chi connectivity index (χ0) is 29.9. The molecular formula is C32H34F3N2O5+. The zero-order valence-corrected chi connectivity index (χ0v) is 23.6. The Bertz CT molecular complexity index is 1470. The van der Waals surface area contributed by atoms with Crippen molar-refractivity contribution in [3.63, 3.8) is 0 Å². The van der Waals surface area contributed by atoms with Gasteiger partial charge in [-0.05, 0) is 37.0 Å². The van der Waals surface area contributed by atoms with E-state index in [4.69, 9.17) is 9.47 Å². The number of likely N-dealkylation sites (tertiary alicyclic amines) is 1. The maximum Gasteiger partial charge on any atom is 0.573 e. The van der Waals surface area contributed by atoms with Gasteiger partial charge in [-0.2, -0.15) is 0 Å². The molecule has 2 fully saturated rings. The number of carbonyl (C=O) groups excluding carboxylic acids is 2. The molecule has 2 aromatic carbocycles. The molecule has 1 saturated carbocycles. The van der Waals surface area contributed by atoms with Gasteiger partial charge in [0.05, 0.1) is 37.3 Å². The first-order chi connectivity index (χ1) is 20.0. The summed E-state index contributed by atoms with van der Waals surface area (Å²) in [6, 6.07) is 11.7. The zero-order valence-electron chi connectivity index (χ0n) is 23.6. The van der Waals surface area contributed by atoms with Crippen molar-refractivity contribution < 1.29 is 41.5 Å². The van der Waals surface area contributed by atoms with Gasteiger partial charge < -0.3 is 24.0 Å². The van der Waals surface area contributed by atoms with E-state index in [2.05, 4.69) is 23.7 Å². The lowest BCUT2D eigenvalue weighted by atomic mass is 9.51. The number of quaternary nitrogens is 1. The summed E-state index contributed by atoms with van der Waals surface area (Å²) in [5.74, 6) is -2.99. The highest BCUT2D eigenvalue weighted by atomic mass is 19.4. The standard InChI is InChI=1S/C32H33F3N2O5/c1-4-16-37(3)17-15-31-22-11-8-12-25(31)41-28-23(14-13-21(26(28)31)18-24(22)37)36-30(39)29(42-32(33,34)35)27(40-19(2)38)20-9-6-5-7-10-20/h4-7,9-10,13-14,22,24-25H,1,8,11-12,15-18H2,2-3H3/p+1/t22-,24+,25-,31+,37?/m0/s1. The van der Waals surface area contributed by atoms with E-state index < -0.39 is 29.8 Å². The van der Waals surface area contributed by atoms with Gasteiger partial charge in [0.15, 0.2) is 5.76 Å². The summed E-state index contributed by atoms with van der Waals surface area (Å²) in [7, 11) is 2.31. The van der Waals surface area contributed by atoms with Crippen LogP contribution in [-0.4, -0.2) is 55.0 Å². The number of alkyl halides is 3. The Hall–Kier alpha value is -3.79. The highest BCUT2D eigenvalue weighted by Crippen LogP contribution is 2.64. The minimum Gasteiger partial charge on any atom is -0.487 e. The second kappa shape index (κ2) is 10.2. The van der Waals surface area contributed by atoms with E-state index in [1.165, 1.54) is 12.1 Å². The van der Waals surface area contributed by atoms with Gasteiger partial charge in [-0.3, -0.25) is 9.59 Å². The molecule has 1 unspecified atom stereocenters. The Balaban J connectivity index is 1.42. The van der Waals surface area contributed by atoms with Gasteiger partial charge in [0.2, 0.25) is 5.76 Å². The minimum atomic E-state index is -5.22. The third-order valence-electron chi connectivity index (χ3n) is 9.62. The number of anilines is 1. The van der Waals surface area contributed by atoms with Crippen LogP contribution in [0.1, 0.15) is 49.3 Å². The molecule has 2 heterocycles. The first kappa shape index (κ1) is 28.3. The molecule has 1 N–H and O–H groups in total. The highest BCUT2D eigenvalue weighted by molar-refractivity contribution is 6.08. The van der Waals surface area contributed by atoms with Gasteiger partial charge in [-0.1, -0.05) is 43.0 Å². The van der Waals surface area contributed by atoms with Crippen LogP contribution in [0.4, 0.5) is 18.9 Å². The Morgan fingerprint density at radius 1 is 1.19 bits per heavy atom. The van der Waals surface area contributed by atoms with Crippen LogP contribution in [0.2, 0.25) is 0 Å². The van der Waals surface area contributed by atoms with Crippen LogP contribution in [-0.2, 0) is 30.9 Å². The number of nitrogens with zero attached hydrogens (tertiary/aromatic N) is 1. The van der Waals surface area contributed by atoms with Crippen molar-refractivity contribution in [2.45, 2.75) is 63.0 Å². The molecule has 2 aliphatic carbocycles. The fourth-order valence-corrected chi connectivity index (χ4v) is 8.07. The van der Waals surface area contributed by atoms with Crippen molar-refractivity contribution in [1.82, 2.24) is 0 Å². The summed E-state index contributed by atoms with van der Waals surface area (Å²) in [5, 5.41) is 2.62. The number of benzene rings is 2. The number of ether oxygens (including phenoxy) is 3. The molecule has 2 aliphatic heterocycles. The average Bonchev–Trinajstić information content (AvgIpc) is 3.28. The van der Waals surface area contributed by atoms with Crippen molar-refractivity contribution in [3.8, 4) is 5.75 Å². The van der Waals surface area contributed by atoms with E-state index >= 15 is 0 Å². The van der Waals surface area contributed by atoms with Gasteiger partial charge >= 0.3 is 12.3 Å². The number of hydrogen-bond donors (Lipinski definition) is 1. The number of esters is 1. The molecule has 5 atom stereocenters. The topological polar surface area (TPSA) is 73.9 Å². The van der Waals surface area contributed by atoms with Crippen molar-refractivity contribution in [1.29, 1.82) is 0 Å². The van der Waals surface area contributed by atoms with Crippen molar-refractivity contribution in [2.75, 3.05) is 25.5 Å². The smallest absolute Gasteiger partial charge is 0.487 e. The molecule has 1 spiro atoms. The lowest BCUT2D eigenvalue weighted by molar-refractivity contribution is -0.940. The van der Waals surface area contributed by atoms with Crippen LogP contribution in [0.5, 0.6) is 5.75 Å². The number of hydrogen-bond acceptors (Lipinski definition) is 5. The second-order valence-electron chi connectivity index (χ2n) is 12.0. The number of amides is 1. The SMILES string of the molecule is C=CC[N+]1(C)CC[C@]23c4c5ccc(NC(=O)C(OC(F)(F)F)=C(OC(C)=O)c6ccccc6)c4O[C@H]2CCC[C@H]3[C@H]1C5. The molecule has 7 nitrogen and oxygen atoms in total. The lowest BCUT2D eigenvalue weighted by Gasteiger charge is -2.60. The van der Waals surface area contributed by atoms with Gasteiger partial charge in [0.25, 0.3) is 5.91 Å². The van der Waals surface area contributed by atoms with Gasteiger partial charge in [0, 0.05) is 36.8 Å². The Labute approximate surface area is 242 Å². The number of carbonyl (C=O) groups is 2. The van der Waals surface area contributed by atoms with E-state index in [1.54, 1.807) is 24.3 Å². The normalized spacial score (nSPS) is 29.4. The maximum absolute atomic E-state index is 13.6. The van der Waals surface area contributed by atoms with Crippen LogP contribution in [0.25, 0.3) is 5.76 Å². The molecule has 10 heteroatoms.